The average molecular weight is 216 g/mol. The van der Waals surface area contributed by atoms with Gasteiger partial charge in [0.15, 0.2) is 0 Å². The van der Waals surface area contributed by atoms with E-state index in [-0.39, 0.29) is 5.82 Å². The van der Waals surface area contributed by atoms with Crippen molar-refractivity contribution in [2.24, 2.45) is 0 Å². The molecule has 0 unspecified atom stereocenters. The third kappa shape index (κ3) is 1.79. The fourth-order valence-electron chi connectivity index (χ4n) is 1.42. The van der Waals surface area contributed by atoms with Gasteiger partial charge in [0, 0.05) is 5.56 Å². The van der Waals surface area contributed by atoms with Crippen LogP contribution in [0.3, 0.4) is 0 Å². The first-order valence-electron chi connectivity index (χ1n) is 4.53. The standard InChI is InChI=1S/C13H9FS/c1-3-11-7-10(8-15-11)12-6-4-5-9(2)13(12)14/h1,4-8H,2H3. The second-order valence-electron chi connectivity index (χ2n) is 3.28. The van der Waals surface area contributed by atoms with E-state index in [1.807, 2.05) is 17.5 Å². The van der Waals surface area contributed by atoms with Crippen LogP contribution in [0.1, 0.15) is 10.4 Å². The Labute approximate surface area is 92.4 Å². The Kier molecular flexibility index (Phi) is 2.57. The number of hydrogen-bond donors (Lipinski definition) is 0. The molecule has 0 spiro atoms. The lowest BCUT2D eigenvalue weighted by Crippen LogP contribution is -1.86. The molecule has 0 saturated heterocycles. The maximum Gasteiger partial charge on any atom is 0.133 e. The molecular formula is C13H9FS. The zero-order valence-corrected chi connectivity index (χ0v) is 9.07. The second kappa shape index (κ2) is 3.88. The fraction of sp³-hybridized carbons (Fsp3) is 0.0769. The first-order chi connectivity index (χ1) is 7.22. The molecule has 0 fully saturated rings. The van der Waals surface area contributed by atoms with Crippen LogP contribution in [0.4, 0.5) is 4.39 Å². The molecule has 0 aliphatic rings. The predicted molar refractivity (Wildman–Crippen MR) is 62.4 cm³/mol. The van der Waals surface area contributed by atoms with Gasteiger partial charge in [-0.25, -0.2) is 4.39 Å². The lowest BCUT2D eigenvalue weighted by molar-refractivity contribution is 0.622. The van der Waals surface area contributed by atoms with Gasteiger partial charge in [-0.05, 0) is 29.5 Å². The zero-order valence-electron chi connectivity index (χ0n) is 8.25. The normalized spacial score (nSPS) is 9.93. The van der Waals surface area contributed by atoms with Crippen molar-refractivity contribution >= 4 is 11.3 Å². The molecule has 0 aliphatic carbocycles. The van der Waals surface area contributed by atoms with Gasteiger partial charge in [-0.2, -0.15) is 0 Å². The summed E-state index contributed by atoms with van der Waals surface area (Å²) < 4.78 is 13.8. The van der Waals surface area contributed by atoms with Crippen molar-refractivity contribution in [1.29, 1.82) is 0 Å². The third-order valence-corrected chi connectivity index (χ3v) is 3.11. The van der Waals surface area contributed by atoms with Crippen LogP contribution in [0, 0.1) is 25.1 Å². The highest BCUT2D eigenvalue weighted by atomic mass is 32.1. The van der Waals surface area contributed by atoms with Crippen LogP contribution >= 0.6 is 11.3 Å². The van der Waals surface area contributed by atoms with E-state index in [0.717, 1.165) is 10.4 Å². The number of thiophene rings is 1. The lowest BCUT2D eigenvalue weighted by Gasteiger charge is -2.02. The Bertz CT molecular complexity index is 532. The van der Waals surface area contributed by atoms with Crippen molar-refractivity contribution in [2.75, 3.05) is 0 Å². The van der Waals surface area contributed by atoms with E-state index in [1.54, 1.807) is 19.1 Å². The van der Waals surface area contributed by atoms with Gasteiger partial charge in [0.1, 0.15) is 5.82 Å². The Morgan fingerprint density at radius 2 is 2.20 bits per heavy atom. The summed E-state index contributed by atoms with van der Waals surface area (Å²) in [6.07, 6.45) is 5.28. The first kappa shape index (κ1) is 9.95. The maximum absolute atomic E-state index is 13.8. The van der Waals surface area contributed by atoms with E-state index in [1.165, 1.54) is 11.3 Å². The minimum atomic E-state index is -0.168. The van der Waals surface area contributed by atoms with E-state index in [9.17, 15) is 4.39 Å². The molecule has 2 rings (SSSR count). The molecule has 0 bridgehead atoms. The Hall–Kier alpha value is -1.59. The molecule has 2 aromatic rings. The largest absolute Gasteiger partial charge is 0.206 e. The van der Waals surface area contributed by atoms with E-state index >= 15 is 0 Å². The van der Waals surface area contributed by atoms with Gasteiger partial charge >= 0.3 is 0 Å². The number of hydrogen-bond acceptors (Lipinski definition) is 1. The molecule has 1 heterocycles. The molecule has 0 atom stereocenters. The van der Waals surface area contributed by atoms with Crippen LogP contribution in [0.5, 0.6) is 0 Å². The van der Waals surface area contributed by atoms with Crippen LogP contribution in [0.15, 0.2) is 29.6 Å². The minimum absolute atomic E-state index is 0.168. The Morgan fingerprint density at radius 1 is 1.40 bits per heavy atom. The maximum atomic E-state index is 13.8. The summed E-state index contributed by atoms with van der Waals surface area (Å²) in [5.74, 6) is 2.38. The van der Waals surface area contributed by atoms with Crippen molar-refractivity contribution in [3.8, 4) is 23.5 Å². The highest BCUT2D eigenvalue weighted by Crippen LogP contribution is 2.28. The van der Waals surface area contributed by atoms with Crippen LogP contribution in [0.25, 0.3) is 11.1 Å². The summed E-state index contributed by atoms with van der Waals surface area (Å²) in [6.45, 7) is 1.76. The third-order valence-electron chi connectivity index (χ3n) is 2.24. The number of benzene rings is 1. The van der Waals surface area contributed by atoms with E-state index in [4.69, 9.17) is 6.42 Å². The molecule has 15 heavy (non-hydrogen) atoms. The van der Waals surface area contributed by atoms with E-state index < -0.39 is 0 Å². The van der Waals surface area contributed by atoms with Crippen molar-refractivity contribution in [3.05, 3.63) is 45.9 Å². The molecule has 0 amide bonds. The van der Waals surface area contributed by atoms with Crippen molar-refractivity contribution in [1.82, 2.24) is 0 Å². The highest BCUT2D eigenvalue weighted by Gasteiger charge is 2.08. The van der Waals surface area contributed by atoms with Gasteiger partial charge < -0.3 is 0 Å². The van der Waals surface area contributed by atoms with Crippen LogP contribution in [-0.4, -0.2) is 0 Å². The van der Waals surface area contributed by atoms with Gasteiger partial charge in [-0.1, -0.05) is 24.1 Å². The summed E-state index contributed by atoms with van der Waals surface area (Å²) in [5, 5.41) is 1.88. The van der Waals surface area contributed by atoms with Crippen LogP contribution in [0.2, 0.25) is 0 Å². The van der Waals surface area contributed by atoms with Crippen molar-refractivity contribution in [3.63, 3.8) is 0 Å². The summed E-state index contributed by atoms with van der Waals surface area (Å²) in [7, 11) is 0. The average Bonchev–Trinajstić information content (AvgIpc) is 2.70. The van der Waals surface area contributed by atoms with Crippen molar-refractivity contribution < 1.29 is 4.39 Å². The van der Waals surface area contributed by atoms with Crippen LogP contribution < -0.4 is 0 Å². The van der Waals surface area contributed by atoms with Crippen molar-refractivity contribution in [2.45, 2.75) is 6.92 Å². The lowest BCUT2D eigenvalue weighted by atomic mass is 10.1. The molecule has 0 saturated carbocycles. The van der Waals surface area contributed by atoms with E-state index in [0.29, 0.717) is 11.1 Å². The minimum Gasteiger partial charge on any atom is -0.206 e. The molecule has 0 aliphatic heterocycles. The Morgan fingerprint density at radius 3 is 2.87 bits per heavy atom. The molecule has 0 nitrogen and oxygen atoms in total. The SMILES string of the molecule is C#Cc1cc(-c2cccc(C)c2F)cs1. The number of halogens is 1. The summed E-state index contributed by atoms with van der Waals surface area (Å²) in [4.78, 5) is 0.825. The monoisotopic (exact) mass is 216 g/mol. The molecule has 0 N–H and O–H groups in total. The van der Waals surface area contributed by atoms with Gasteiger partial charge in [0.25, 0.3) is 0 Å². The topological polar surface area (TPSA) is 0 Å². The summed E-state index contributed by atoms with van der Waals surface area (Å²) >= 11 is 1.46. The number of aryl methyl sites for hydroxylation is 1. The molecule has 74 valence electrons. The molecular weight excluding hydrogens is 207 g/mol. The first-order valence-corrected chi connectivity index (χ1v) is 5.41. The van der Waals surface area contributed by atoms with Gasteiger partial charge in [0.05, 0.1) is 4.88 Å². The van der Waals surface area contributed by atoms with Gasteiger partial charge in [-0.3, -0.25) is 0 Å². The number of terminal acetylenes is 1. The smallest absolute Gasteiger partial charge is 0.133 e. The summed E-state index contributed by atoms with van der Waals surface area (Å²) in [6, 6.07) is 7.21. The zero-order chi connectivity index (χ0) is 10.8. The summed E-state index contributed by atoms with van der Waals surface area (Å²) in [5.41, 5.74) is 2.13. The molecule has 0 radical (unpaired) electrons. The van der Waals surface area contributed by atoms with Crippen LogP contribution in [-0.2, 0) is 0 Å². The van der Waals surface area contributed by atoms with E-state index in [2.05, 4.69) is 5.92 Å². The number of rotatable bonds is 1. The predicted octanol–water partition coefficient (Wildman–Crippen LogP) is 3.84. The Balaban J connectivity index is 2.55. The van der Waals surface area contributed by atoms with Gasteiger partial charge in [-0.15, -0.1) is 17.8 Å². The second-order valence-corrected chi connectivity index (χ2v) is 4.19. The molecule has 1 aromatic heterocycles. The quantitative estimate of drug-likeness (QED) is 0.635. The highest BCUT2D eigenvalue weighted by molar-refractivity contribution is 7.11. The van der Waals surface area contributed by atoms with Gasteiger partial charge in [0.2, 0.25) is 0 Å². The fourth-order valence-corrected chi connectivity index (χ4v) is 2.14. The molecule has 2 heteroatoms. The molecule has 1 aromatic carbocycles.